The van der Waals surface area contributed by atoms with E-state index in [2.05, 4.69) is 5.32 Å². The number of halogens is 1. The van der Waals surface area contributed by atoms with Crippen molar-refractivity contribution in [2.45, 2.75) is 25.7 Å². The fourth-order valence-electron chi connectivity index (χ4n) is 2.03. The zero-order chi connectivity index (χ0) is 10.4. The molecule has 1 aliphatic rings. The van der Waals surface area contributed by atoms with Crippen LogP contribution in [0.15, 0.2) is 0 Å². The maximum absolute atomic E-state index is 11.8. The third kappa shape index (κ3) is 3.63. The molecule has 1 amide bonds. The van der Waals surface area contributed by atoms with Crippen molar-refractivity contribution in [3.05, 3.63) is 0 Å². The van der Waals surface area contributed by atoms with Gasteiger partial charge in [-0.05, 0) is 12.8 Å². The summed E-state index contributed by atoms with van der Waals surface area (Å²) in [4.78, 5) is 11.8. The molecule has 4 nitrogen and oxygen atoms in total. The molecule has 0 radical (unpaired) electrons. The van der Waals surface area contributed by atoms with Gasteiger partial charge in [-0.25, -0.2) is 0 Å². The van der Waals surface area contributed by atoms with Gasteiger partial charge in [-0.15, -0.1) is 12.4 Å². The van der Waals surface area contributed by atoms with Crippen molar-refractivity contribution < 1.29 is 9.53 Å². The van der Waals surface area contributed by atoms with Gasteiger partial charge in [-0.3, -0.25) is 4.79 Å². The van der Waals surface area contributed by atoms with Gasteiger partial charge in [0.1, 0.15) is 0 Å². The van der Waals surface area contributed by atoms with Gasteiger partial charge < -0.3 is 15.8 Å². The molecule has 3 N–H and O–H groups in total. The second-order valence-electron chi connectivity index (χ2n) is 3.94. The Hall–Kier alpha value is -0.320. The third-order valence-corrected chi connectivity index (χ3v) is 3.02. The van der Waals surface area contributed by atoms with Crippen LogP contribution in [0.2, 0.25) is 0 Å². The number of methoxy groups -OCH3 is 1. The Morgan fingerprint density at radius 2 is 2.07 bits per heavy atom. The summed E-state index contributed by atoms with van der Waals surface area (Å²) in [6, 6.07) is 0. The van der Waals surface area contributed by atoms with Crippen molar-refractivity contribution in [3.63, 3.8) is 0 Å². The van der Waals surface area contributed by atoms with E-state index < -0.39 is 0 Å². The number of amides is 1. The maximum atomic E-state index is 11.8. The SMILES string of the molecule is COCCNC(=O)C1(CN)CCCC1.Cl. The van der Waals surface area contributed by atoms with Gasteiger partial charge in [-0.1, -0.05) is 12.8 Å². The predicted molar refractivity (Wildman–Crippen MR) is 62.1 cm³/mol. The summed E-state index contributed by atoms with van der Waals surface area (Å²) >= 11 is 0. The minimum Gasteiger partial charge on any atom is -0.383 e. The fraction of sp³-hybridized carbons (Fsp3) is 0.900. The lowest BCUT2D eigenvalue weighted by Crippen LogP contribution is -2.45. The Labute approximate surface area is 97.3 Å². The van der Waals surface area contributed by atoms with Crippen LogP contribution in [-0.2, 0) is 9.53 Å². The minimum absolute atomic E-state index is 0. The van der Waals surface area contributed by atoms with E-state index in [4.69, 9.17) is 10.5 Å². The Morgan fingerprint density at radius 1 is 1.47 bits per heavy atom. The summed E-state index contributed by atoms with van der Waals surface area (Å²) in [6.07, 6.45) is 4.11. The molecule has 0 saturated heterocycles. The lowest BCUT2D eigenvalue weighted by atomic mass is 9.85. The molecule has 0 aliphatic heterocycles. The quantitative estimate of drug-likeness (QED) is 0.691. The van der Waals surface area contributed by atoms with Gasteiger partial charge >= 0.3 is 0 Å². The van der Waals surface area contributed by atoms with Gasteiger partial charge in [0.2, 0.25) is 5.91 Å². The molecule has 90 valence electrons. The summed E-state index contributed by atoms with van der Waals surface area (Å²) in [5.74, 6) is 0.106. The van der Waals surface area contributed by atoms with Crippen LogP contribution in [0.25, 0.3) is 0 Å². The zero-order valence-corrected chi connectivity index (χ0v) is 10.1. The lowest BCUT2D eigenvalue weighted by molar-refractivity contribution is -0.130. The van der Waals surface area contributed by atoms with Crippen molar-refractivity contribution in [2.24, 2.45) is 11.1 Å². The highest BCUT2D eigenvalue weighted by Crippen LogP contribution is 2.37. The Balaban J connectivity index is 0.00000196. The highest BCUT2D eigenvalue weighted by Gasteiger charge is 2.39. The van der Waals surface area contributed by atoms with Gasteiger partial charge in [0.15, 0.2) is 0 Å². The van der Waals surface area contributed by atoms with Crippen LogP contribution in [0, 0.1) is 5.41 Å². The summed E-state index contributed by atoms with van der Waals surface area (Å²) in [5.41, 5.74) is 5.40. The molecule has 0 unspecified atom stereocenters. The molecular weight excluding hydrogens is 216 g/mol. The van der Waals surface area contributed by atoms with Crippen molar-refractivity contribution in [1.29, 1.82) is 0 Å². The van der Waals surface area contributed by atoms with Crippen LogP contribution >= 0.6 is 12.4 Å². The molecule has 5 heteroatoms. The number of hydrogen-bond donors (Lipinski definition) is 2. The fourth-order valence-corrected chi connectivity index (χ4v) is 2.03. The summed E-state index contributed by atoms with van der Waals surface area (Å²) in [5, 5.41) is 2.87. The van der Waals surface area contributed by atoms with Gasteiger partial charge in [0.25, 0.3) is 0 Å². The van der Waals surface area contributed by atoms with Crippen LogP contribution in [0.5, 0.6) is 0 Å². The first-order valence-corrected chi connectivity index (χ1v) is 5.22. The van der Waals surface area contributed by atoms with Crippen molar-refractivity contribution in [1.82, 2.24) is 5.32 Å². The first kappa shape index (κ1) is 14.7. The van der Waals surface area contributed by atoms with E-state index in [1.165, 1.54) is 0 Å². The molecule has 0 heterocycles. The van der Waals surface area contributed by atoms with Crippen molar-refractivity contribution in [3.8, 4) is 0 Å². The molecule has 1 aliphatic carbocycles. The monoisotopic (exact) mass is 236 g/mol. The summed E-state index contributed by atoms with van der Waals surface area (Å²) < 4.78 is 4.88. The molecule has 1 fully saturated rings. The number of nitrogens with one attached hydrogen (secondary N) is 1. The van der Waals surface area contributed by atoms with Crippen LogP contribution in [0.3, 0.4) is 0 Å². The van der Waals surface area contributed by atoms with Crippen molar-refractivity contribution in [2.75, 3.05) is 26.8 Å². The van der Waals surface area contributed by atoms with E-state index >= 15 is 0 Å². The van der Waals surface area contributed by atoms with E-state index in [1.54, 1.807) is 7.11 Å². The van der Waals surface area contributed by atoms with Crippen LogP contribution in [0.4, 0.5) is 0 Å². The number of carbonyl (C=O) groups excluding carboxylic acids is 1. The average Bonchev–Trinajstić information content (AvgIpc) is 2.67. The molecule has 1 saturated carbocycles. The molecule has 1 rings (SSSR count). The molecule has 0 aromatic rings. The molecule has 0 bridgehead atoms. The summed E-state index contributed by atoms with van der Waals surface area (Å²) in [7, 11) is 1.63. The van der Waals surface area contributed by atoms with E-state index in [1.807, 2.05) is 0 Å². The van der Waals surface area contributed by atoms with Crippen LogP contribution in [-0.4, -0.2) is 32.7 Å². The van der Waals surface area contributed by atoms with Gasteiger partial charge in [0.05, 0.1) is 12.0 Å². The number of carbonyl (C=O) groups is 1. The molecule has 0 spiro atoms. The van der Waals surface area contributed by atoms with Gasteiger partial charge in [-0.2, -0.15) is 0 Å². The normalized spacial score (nSPS) is 18.3. The first-order chi connectivity index (χ1) is 6.75. The first-order valence-electron chi connectivity index (χ1n) is 5.22. The third-order valence-electron chi connectivity index (χ3n) is 3.02. The average molecular weight is 237 g/mol. The van der Waals surface area contributed by atoms with E-state index in [-0.39, 0.29) is 23.7 Å². The number of nitrogens with two attached hydrogens (primary N) is 1. The van der Waals surface area contributed by atoms with Gasteiger partial charge in [0, 0.05) is 20.2 Å². The van der Waals surface area contributed by atoms with Crippen molar-refractivity contribution >= 4 is 18.3 Å². The Kier molecular flexibility index (Phi) is 6.89. The smallest absolute Gasteiger partial charge is 0.227 e. The second-order valence-corrected chi connectivity index (χ2v) is 3.94. The molecule has 0 aromatic heterocycles. The van der Waals surface area contributed by atoms with Crippen LogP contribution < -0.4 is 11.1 Å². The lowest BCUT2D eigenvalue weighted by Gasteiger charge is -2.25. The standard InChI is InChI=1S/C10H20N2O2.ClH/c1-14-7-6-12-9(13)10(8-11)4-2-3-5-10;/h2-8,11H2,1H3,(H,12,13);1H. The second kappa shape index (κ2) is 7.04. The topological polar surface area (TPSA) is 64.3 Å². The highest BCUT2D eigenvalue weighted by molar-refractivity contribution is 5.85. The number of hydrogen-bond acceptors (Lipinski definition) is 3. The Bertz CT molecular complexity index is 194. The number of ether oxygens (including phenoxy) is 1. The summed E-state index contributed by atoms with van der Waals surface area (Å²) in [6.45, 7) is 1.61. The Morgan fingerprint density at radius 3 is 2.53 bits per heavy atom. The number of rotatable bonds is 5. The predicted octanol–water partition coefficient (Wildman–Crippen LogP) is 0.690. The van der Waals surface area contributed by atoms with E-state index in [9.17, 15) is 4.79 Å². The molecule has 0 aromatic carbocycles. The van der Waals surface area contributed by atoms with E-state index in [0.717, 1.165) is 25.7 Å². The molecular formula is C10H21ClN2O2. The maximum Gasteiger partial charge on any atom is 0.227 e. The van der Waals surface area contributed by atoms with Crippen LogP contribution in [0.1, 0.15) is 25.7 Å². The minimum atomic E-state index is -0.284. The molecule has 0 atom stereocenters. The van der Waals surface area contributed by atoms with E-state index in [0.29, 0.717) is 19.7 Å². The molecule has 15 heavy (non-hydrogen) atoms. The zero-order valence-electron chi connectivity index (χ0n) is 9.25. The highest BCUT2D eigenvalue weighted by atomic mass is 35.5. The largest absolute Gasteiger partial charge is 0.383 e.